The second kappa shape index (κ2) is 10.7. The monoisotopic (exact) mass is 442 g/mol. The van der Waals surface area contributed by atoms with Crippen LogP contribution in [0.1, 0.15) is 45.5 Å². The average molecular weight is 443 g/mol. The van der Waals surface area contributed by atoms with Crippen LogP contribution in [0.2, 0.25) is 0 Å². The summed E-state index contributed by atoms with van der Waals surface area (Å²) in [6.45, 7) is 5.63. The molecule has 1 saturated heterocycles. The van der Waals surface area contributed by atoms with Crippen LogP contribution in [0, 0.1) is 13.8 Å². The predicted molar refractivity (Wildman–Crippen MR) is 134 cm³/mol. The van der Waals surface area contributed by atoms with Crippen molar-refractivity contribution in [2.24, 2.45) is 0 Å². The molecule has 1 N–H and O–H groups in total. The largest absolute Gasteiger partial charge is 0.496 e. The molecule has 0 bridgehead atoms. The number of aryl methyl sites for hydroxylation is 2. The molecule has 0 unspecified atom stereocenters. The van der Waals surface area contributed by atoms with Gasteiger partial charge in [0.1, 0.15) is 5.75 Å². The Morgan fingerprint density at radius 3 is 2.42 bits per heavy atom. The van der Waals surface area contributed by atoms with E-state index < -0.39 is 0 Å². The summed E-state index contributed by atoms with van der Waals surface area (Å²) in [6, 6.07) is 25.3. The first-order valence-corrected chi connectivity index (χ1v) is 11.8. The fraction of sp³-hybridized carbons (Fsp3) is 0.345. The average Bonchev–Trinajstić information content (AvgIpc) is 2.82. The summed E-state index contributed by atoms with van der Waals surface area (Å²) in [5.74, 6) is 1.05. The van der Waals surface area contributed by atoms with Crippen LogP contribution in [0.25, 0.3) is 0 Å². The lowest BCUT2D eigenvalue weighted by molar-refractivity contribution is 0.0576. The van der Waals surface area contributed by atoms with Crippen molar-refractivity contribution in [3.8, 4) is 5.75 Å². The van der Waals surface area contributed by atoms with Crippen LogP contribution < -0.4 is 10.1 Å². The smallest absolute Gasteiger partial charge is 0.254 e. The van der Waals surface area contributed by atoms with Crippen molar-refractivity contribution in [1.29, 1.82) is 0 Å². The predicted octanol–water partition coefficient (Wildman–Crippen LogP) is 5.32. The number of nitrogens with zero attached hydrogens (tertiary/aromatic N) is 1. The molecule has 0 aromatic heterocycles. The Bertz CT molecular complexity index is 1060. The van der Waals surface area contributed by atoms with E-state index >= 15 is 0 Å². The van der Waals surface area contributed by atoms with Gasteiger partial charge in [-0.05, 0) is 56.9 Å². The van der Waals surface area contributed by atoms with E-state index in [1.54, 1.807) is 7.11 Å². The van der Waals surface area contributed by atoms with Crippen molar-refractivity contribution < 1.29 is 9.53 Å². The summed E-state index contributed by atoms with van der Waals surface area (Å²) in [5, 5.41) is 3.73. The zero-order valence-electron chi connectivity index (χ0n) is 19.9. The van der Waals surface area contributed by atoms with Gasteiger partial charge in [-0.3, -0.25) is 4.79 Å². The van der Waals surface area contributed by atoms with E-state index in [0.717, 1.165) is 60.4 Å². The van der Waals surface area contributed by atoms with Crippen molar-refractivity contribution in [2.45, 2.75) is 51.7 Å². The molecule has 0 aliphatic carbocycles. The highest BCUT2D eigenvalue weighted by molar-refractivity contribution is 5.95. The van der Waals surface area contributed by atoms with Crippen LogP contribution in [-0.2, 0) is 13.0 Å². The van der Waals surface area contributed by atoms with Crippen LogP contribution in [0.5, 0.6) is 5.75 Å². The molecule has 1 fully saturated rings. The van der Waals surface area contributed by atoms with Gasteiger partial charge in [-0.1, -0.05) is 65.7 Å². The number of methoxy groups -OCH3 is 1. The molecule has 4 nitrogen and oxygen atoms in total. The number of piperidine rings is 1. The minimum Gasteiger partial charge on any atom is -0.496 e. The fourth-order valence-corrected chi connectivity index (χ4v) is 4.95. The zero-order chi connectivity index (χ0) is 23.2. The summed E-state index contributed by atoms with van der Waals surface area (Å²) >= 11 is 0. The molecule has 1 aliphatic heterocycles. The number of likely N-dealkylation sites (tertiary alicyclic amines) is 1. The number of carbonyl (C=O) groups excluding carboxylic acids is 1. The number of para-hydroxylation sites is 1. The van der Waals surface area contributed by atoms with Crippen LogP contribution in [-0.4, -0.2) is 36.5 Å². The van der Waals surface area contributed by atoms with Crippen LogP contribution in [0.4, 0.5) is 0 Å². The lowest BCUT2D eigenvalue weighted by Crippen LogP contribution is -2.51. The topological polar surface area (TPSA) is 41.6 Å². The third kappa shape index (κ3) is 5.82. The first kappa shape index (κ1) is 23.1. The first-order valence-electron chi connectivity index (χ1n) is 11.8. The van der Waals surface area contributed by atoms with Gasteiger partial charge in [-0.2, -0.15) is 0 Å². The Labute approximate surface area is 197 Å². The quantitative estimate of drug-likeness (QED) is 0.539. The van der Waals surface area contributed by atoms with Gasteiger partial charge in [-0.25, -0.2) is 0 Å². The molecule has 0 radical (unpaired) electrons. The number of carbonyl (C=O) groups is 1. The highest BCUT2D eigenvalue weighted by Gasteiger charge is 2.32. The molecule has 0 saturated carbocycles. The van der Waals surface area contributed by atoms with Crippen molar-refractivity contribution in [3.63, 3.8) is 0 Å². The number of benzene rings is 3. The fourth-order valence-electron chi connectivity index (χ4n) is 4.95. The second-order valence-electron chi connectivity index (χ2n) is 9.13. The molecule has 3 aromatic carbocycles. The summed E-state index contributed by atoms with van der Waals surface area (Å²) in [5.41, 5.74) is 5.49. The molecular weight excluding hydrogens is 408 g/mol. The molecular formula is C29H34N2O2. The lowest BCUT2D eigenvalue weighted by atomic mass is 9.91. The molecule has 4 heteroatoms. The Morgan fingerprint density at radius 1 is 1.00 bits per heavy atom. The molecule has 4 rings (SSSR count). The lowest BCUT2D eigenvalue weighted by Gasteiger charge is -2.40. The first-order chi connectivity index (χ1) is 16.0. The van der Waals surface area contributed by atoms with E-state index in [2.05, 4.69) is 60.5 Å². The maximum Gasteiger partial charge on any atom is 0.254 e. The molecule has 2 atom stereocenters. The SMILES string of the molecule is COc1ccccc1CN[C@H]1CCN(C(=O)c2cc(C)cc(C)c2)[C@H](Cc2ccccc2)C1. The summed E-state index contributed by atoms with van der Waals surface area (Å²) in [6.07, 6.45) is 2.74. The number of amides is 1. The number of nitrogens with one attached hydrogen (secondary N) is 1. The van der Waals surface area contributed by atoms with Crippen LogP contribution >= 0.6 is 0 Å². The van der Waals surface area contributed by atoms with Crippen molar-refractivity contribution in [2.75, 3.05) is 13.7 Å². The maximum atomic E-state index is 13.6. The van der Waals surface area contributed by atoms with E-state index in [1.807, 2.05) is 36.4 Å². The van der Waals surface area contributed by atoms with Gasteiger partial charge in [-0.15, -0.1) is 0 Å². The van der Waals surface area contributed by atoms with Crippen molar-refractivity contribution >= 4 is 5.91 Å². The maximum absolute atomic E-state index is 13.6. The molecule has 172 valence electrons. The molecule has 1 heterocycles. The van der Waals surface area contributed by atoms with Crippen LogP contribution in [0.15, 0.2) is 72.8 Å². The standard InChI is InChI=1S/C29H34N2O2/c1-21-15-22(2)17-25(16-21)29(32)31-14-13-26(19-27(31)18-23-9-5-4-6-10-23)30-20-24-11-7-8-12-28(24)33-3/h4-12,15-17,26-27,30H,13-14,18-20H2,1-3H3/t26-,27+/m0/s1. The Hall–Kier alpha value is -3.11. The van der Waals surface area contributed by atoms with E-state index in [-0.39, 0.29) is 11.9 Å². The van der Waals surface area contributed by atoms with Gasteiger partial charge in [0.05, 0.1) is 7.11 Å². The highest BCUT2D eigenvalue weighted by Crippen LogP contribution is 2.25. The summed E-state index contributed by atoms with van der Waals surface area (Å²) in [4.78, 5) is 15.7. The van der Waals surface area contributed by atoms with E-state index in [4.69, 9.17) is 4.74 Å². The summed E-state index contributed by atoms with van der Waals surface area (Å²) < 4.78 is 5.51. The molecule has 1 amide bonds. The Kier molecular flexibility index (Phi) is 7.46. The van der Waals surface area contributed by atoms with Gasteiger partial charge < -0.3 is 15.0 Å². The van der Waals surface area contributed by atoms with E-state index in [1.165, 1.54) is 5.56 Å². The van der Waals surface area contributed by atoms with Crippen LogP contribution in [0.3, 0.4) is 0 Å². The Balaban J connectivity index is 1.51. The van der Waals surface area contributed by atoms with Gasteiger partial charge in [0.2, 0.25) is 0 Å². The minimum atomic E-state index is 0.144. The Morgan fingerprint density at radius 2 is 1.70 bits per heavy atom. The van der Waals surface area contributed by atoms with E-state index in [0.29, 0.717) is 6.04 Å². The van der Waals surface area contributed by atoms with Gasteiger partial charge in [0.25, 0.3) is 5.91 Å². The third-order valence-corrected chi connectivity index (χ3v) is 6.53. The van der Waals surface area contributed by atoms with Gasteiger partial charge in [0.15, 0.2) is 0 Å². The third-order valence-electron chi connectivity index (χ3n) is 6.53. The molecule has 3 aromatic rings. The number of rotatable bonds is 7. The van der Waals surface area contributed by atoms with E-state index in [9.17, 15) is 4.79 Å². The molecule has 0 spiro atoms. The van der Waals surface area contributed by atoms with Crippen molar-refractivity contribution in [3.05, 3.63) is 101 Å². The highest BCUT2D eigenvalue weighted by atomic mass is 16.5. The van der Waals surface area contributed by atoms with Crippen molar-refractivity contribution in [1.82, 2.24) is 10.2 Å². The second-order valence-corrected chi connectivity index (χ2v) is 9.13. The molecule has 1 aliphatic rings. The number of hydrogen-bond donors (Lipinski definition) is 1. The molecule has 33 heavy (non-hydrogen) atoms. The summed E-state index contributed by atoms with van der Waals surface area (Å²) in [7, 11) is 1.71. The minimum absolute atomic E-state index is 0.144. The number of ether oxygens (including phenoxy) is 1. The number of hydrogen-bond acceptors (Lipinski definition) is 3. The zero-order valence-corrected chi connectivity index (χ0v) is 19.9. The normalized spacial score (nSPS) is 18.2. The van der Waals surface area contributed by atoms with Gasteiger partial charge >= 0.3 is 0 Å². The van der Waals surface area contributed by atoms with Gasteiger partial charge in [0, 0.05) is 36.3 Å².